The highest BCUT2D eigenvalue weighted by molar-refractivity contribution is 5.94. The number of anilines is 1. The van der Waals surface area contributed by atoms with Gasteiger partial charge >= 0.3 is 6.03 Å². The zero-order valence-electron chi connectivity index (χ0n) is 13.1. The van der Waals surface area contributed by atoms with Gasteiger partial charge in [0.25, 0.3) is 0 Å². The van der Waals surface area contributed by atoms with Crippen LogP contribution in [-0.4, -0.2) is 31.1 Å². The molecule has 3 N–H and O–H groups in total. The minimum Gasteiger partial charge on any atom is -0.491 e. The summed E-state index contributed by atoms with van der Waals surface area (Å²) >= 11 is 0. The number of para-hydroxylation sites is 2. The topological polar surface area (TPSA) is 79.5 Å². The Morgan fingerprint density at radius 3 is 2.87 bits per heavy atom. The fraction of sp³-hybridized carbons (Fsp3) is 0.529. The molecule has 1 aliphatic heterocycles. The Labute approximate surface area is 136 Å². The molecule has 3 amide bonds. The van der Waals surface area contributed by atoms with Crippen LogP contribution in [0.4, 0.5) is 10.5 Å². The van der Waals surface area contributed by atoms with Crippen molar-refractivity contribution in [3.05, 3.63) is 24.3 Å². The Bertz CT molecular complexity index is 572. The Morgan fingerprint density at radius 1 is 1.22 bits per heavy atom. The van der Waals surface area contributed by atoms with Crippen molar-refractivity contribution >= 4 is 17.6 Å². The van der Waals surface area contributed by atoms with E-state index in [0.29, 0.717) is 36.9 Å². The molecule has 1 aromatic carbocycles. The summed E-state index contributed by atoms with van der Waals surface area (Å²) in [6.07, 6.45) is 4.97. The maximum Gasteiger partial charge on any atom is 0.319 e. The number of benzene rings is 1. The lowest BCUT2D eigenvalue weighted by Gasteiger charge is -2.17. The van der Waals surface area contributed by atoms with Crippen molar-refractivity contribution in [2.75, 3.05) is 18.5 Å². The lowest BCUT2D eigenvalue weighted by Crippen LogP contribution is -2.47. The van der Waals surface area contributed by atoms with Crippen LogP contribution in [0.5, 0.6) is 5.75 Å². The first-order valence-corrected chi connectivity index (χ1v) is 8.29. The van der Waals surface area contributed by atoms with Crippen LogP contribution in [0.1, 0.15) is 32.1 Å². The third-order valence-electron chi connectivity index (χ3n) is 4.15. The number of amides is 3. The molecule has 2 aliphatic rings. The number of ether oxygens (including phenoxy) is 1. The molecule has 1 saturated heterocycles. The van der Waals surface area contributed by atoms with Crippen molar-refractivity contribution in [1.82, 2.24) is 10.6 Å². The van der Waals surface area contributed by atoms with Crippen molar-refractivity contribution in [2.24, 2.45) is 5.92 Å². The maximum atomic E-state index is 12.2. The zero-order chi connectivity index (χ0) is 16.1. The molecule has 23 heavy (non-hydrogen) atoms. The van der Waals surface area contributed by atoms with Gasteiger partial charge in [-0.05, 0) is 50.2 Å². The van der Waals surface area contributed by atoms with Gasteiger partial charge < -0.3 is 20.7 Å². The van der Waals surface area contributed by atoms with E-state index in [0.717, 1.165) is 12.8 Å². The number of hydrogen-bond acceptors (Lipinski definition) is 3. The Balaban J connectivity index is 1.57. The van der Waals surface area contributed by atoms with Crippen LogP contribution in [0.2, 0.25) is 0 Å². The van der Waals surface area contributed by atoms with E-state index in [2.05, 4.69) is 16.0 Å². The lowest BCUT2D eigenvalue weighted by atomic mass is 10.1. The highest BCUT2D eigenvalue weighted by atomic mass is 16.5. The highest BCUT2D eigenvalue weighted by Gasteiger charge is 2.24. The number of urea groups is 1. The predicted molar refractivity (Wildman–Crippen MR) is 87.5 cm³/mol. The smallest absolute Gasteiger partial charge is 0.319 e. The van der Waals surface area contributed by atoms with Crippen LogP contribution >= 0.6 is 0 Å². The summed E-state index contributed by atoms with van der Waals surface area (Å²) in [7, 11) is 0. The SMILES string of the molecule is O=C(Nc1ccccc1OCC1CC1)N[C@@H]1CCCCNC1=O. The van der Waals surface area contributed by atoms with Gasteiger partial charge in [0.15, 0.2) is 0 Å². The van der Waals surface area contributed by atoms with E-state index in [4.69, 9.17) is 4.74 Å². The second kappa shape index (κ2) is 7.35. The molecule has 0 bridgehead atoms. The van der Waals surface area contributed by atoms with Gasteiger partial charge in [0.1, 0.15) is 11.8 Å². The van der Waals surface area contributed by atoms with Gasteiger partial charge in [-0.1, -0.05) is 12.1 Å². The second-order valence-electron chi connectivity index (χ2n) is 6.19. The van der Waals surface area contributed by atoms with E-state index < -0.39 is 6.04 Å². The fourth-order valence-corrected chi connectivity index (χ4v) is 2.58. The van der Waals surface area contributed by atoms with E-state index in [1.165, 1.54) is 12.8 Å². The summed E-state index contributed by atoms with van der Waals surface area (Å²) < 4.78 is 5.77. The van der Waals surface area contributed by atoms with Gasteiger partial charge in [-0.3, -0.25) is 4.79 Å². The molecule has 1 saturated carbocycles. The van der Waals surface area contributed by atoms with Crippen molar-refractivity contribution in [3.8, 4) is 5.75 Å². The highest BCUT2D eigenvalue weighted by Crippen LogP contribution is 2.31. The molecule has 0 spiro atoms. The summed E-state index contributed by atoms with van der Waals surface area (Å²) in [6, 6.07) is 6.51. The first-order valence-electron chi connectivity index (χ1n) is 8.29. The van der Waals surface area contributed by atoms with Gasteiger partial charge in [0.05, 0.1) is 12.3 Å². The molecular weight excluding hydrogens is 294 g/mol. The molecule has 6 nitrogen and oxygen atoms in total. The largest absolute Gasteiger partial charge is 0.491 e. The van der Waals surface area contributed by atoms with Crippen LogP contribution < -0.4 is 20.7 Å². The summed E-state index contributed by atoms with van der Waals surface area (Å²) in [6.45, 7) is 1.36. The van der Waals surface area contributed by atoms with Crippen LogP contribution in [-0.2, 0) is 4.79 Å². The predicted octanol–water partition coefficient (Wildman–Crippen LogP) is 2.27. The minimum atomic E-state index is -0.475. The molecule has 1 heterocycles. The summed E-state index contributed by atoms with van der Waals surface area (Å²) in [5.41, 5.74) is 0.625. The summed E-state index contributed by atoms with van der Waals surface area (Å²) in [4.78, 5) is 24.1. The number of carbonyl (C=O) groups is 2. The van der Waals surface area contributed by atoms with E-state index >= 15 is 0 Å². The molecule has 6 heteroatoms. The van der Waals surface area contributed by atoms with Gasteiger partial charge in [0.2, 0.25) is 5.91 Å². The Morgan fingerprint density at radius 2 is 2.04 bits per heavy atom. The van der Waals surface area contributed by atoms with Gasteiger partial charge in [-0.25, -0.2) is 4.79 Å². The normalized spacial score (nSPS) is 21.0. The maximum absolute atomic E-state index is 12.2. The fourth-order valence-electron chi connectivity index (χ4n) is 2.58. The molecule has 124 valence electrons. The van der Waals surface area contributed by atoms with E-state index in [1.807, 2.05) is 18.2 Å². The summed E-state index contributed by atoms with van der Waals surface area (Å²) in [5, 5.41) is 8.34. The molecule has 1 aliphatic carbocycles. The average molecular weight is 317 g/mol. The van der Waals surface area contributed by atoms with Crippen LogP contribution in [0.25, 0.3) is 0 Å². The lowest BCUT2D eigenvalue weighted by molar-refractivity contribution is -0.122. The third kappa shape index (κ3) is 4.61. The van der Waals surface area contributed by atoms with Crippen LogP contribution in [0, 0.1) is 5.92 Å². The molecule has 3 rings (SSSR count). The number of hydrogen-bond donors (Lipinski definition) is 3. The van der Waals surface area contributed by atoms with Crippen LogP contribution in [0.3, 0.4) is 0 Å². The molecular formula is C17H23N3O3. The van der Waals surface area contributed by atoms with Crippen molar-refractivity contribution in [2.45, 2.75) is 38.1 Å². The summed E-state index contributed by atoms with van der Waals surface area (Å²) in [5.74, 6) is 1.20. The van der Waals surface area contributed by atoms with Gasteiger partial charge in [-0.2, -0.15) is 0 Å². The Kier molecular flexibility index (Phi) is 5.00. The van der Waals surface area contributed by atoms with Crippen molar-refractivity contribution < 1.29 is 14.3 Å². The van der Waals surface area contributed by atoms with E-state index in [-0.39, 0.29) is 11.9 Å². The quantitative estimate of drug-likeness (QED) is 0.779. The van der Waals surface area contributed by atoms with E-state index in [9.17, 15) is 9.59 Å². The second-order valence-corrected chi connectivity index (χ2v) is 6.19. The number of nitrogens with one attached hydrogen (secondary N) is 3. The first-order chi connectivity index (χ1) is 11.2. The Hall–Kier alpha value is -2.24. The van der Waals surface area contributed by atoms with Gasteiger partial charge in [-0.15, -0.1) is 0 Å². The monoisotopic (exact) mass is 317 g/mol. The van der Waals surface area contributed by atoms with Crippen molar-refractivity contribution in [1.29, 1.82) is 0 Å². The van der Waals surface area contributed by atoms with Crippen LogP contribution in [0.15, 0.2) is 24.3 Å². The molecule has 0 radical (unpaired) electrons. The zero-order valence-corrected chi connectivity index (χ0v) is 13.1. The average Bonchev–Trinajstić information content (AvgIpc) is 3.37. The first kappa shape index (κ1) is 15.6. The molecule has 0 unspecified atom stereocenters. The molecule has 1 atom stereocenters. The minimum absolute atomic E-state index is 0.115. The molecule has 1 aromatic rings. The standard InChI is InChI=1S/C17H23N3O3/c21-16-14(6-3-4-10-18-16)20-17(22)19-13-5-1-2-7-15(13)23-11-12-8-9-12/h1-2,5,7,12,14H,3-4,6,8-11H2,(H,18,21)(H2,19,20,22)/t14-/m1/s1. The van der Waals surface area contributed by atoms with Gasteiger partial charge in [0, 0.05) is 6.54 Å². The van der Waals surface area contributed by atoms with Crippen molar-refractivity contribution in [3.63, 3.8) is 0 Å². The molecule has 2 fully saturated rings. The third-order valence-corrected chi connectivity index (χ3v) is 4.15. The van der Waals surface area contributed by atoms with E-state index in [1.54, 1.807) is 6.07 Å². The molecule has 0 aromatic heterocycles. The number of rotatable bonds is 5. The number of carbonyl (C=O) groups excluding carboxylic acids is 2.